The normalized spacial score (nSPS) is 25.8. The lowest BCUT2D eigenvalue weighted by Crippen LogP contribution is -2.14. The van der Waals surface area contributed by atoms with Gasteiger partial charge >= 0.3 is 0 Å². The van der Waals surface area contributed by atoms with E-state index < -0.39 is 0 Å². The van der Waals surface area contributed by atoms with Crippen LogP contribution in [0, 0.1) is 5.92 Å². The fourth-order valence-electron chi connectivity index (χ4n) is 3.16. The minimum Gasteiger partial charge on any atom is -0.339 e. The van der Waals surface area contributed by atoms with Gasteiger partial charge in [-0.25, -0.2) is 0 Å². The molecule has 0 saturated heterocycles. The van der Waals surface area contributed by atoms with Gasteiger partial charge in [0.2, 0.25) is 5.89 Å². The molecule has 0 spiro atoms. The van der Waals surface area contributed by atoms with Gasteiger partial charge in [-0.1, -0.05) is 31.8 Å². The van der Waals surface area contributed by atoms with Gasteiger partial charge in [-0.2, -0.15) is 4.98 Å². The second kappa shape index (κ2) is 7.21. The third-order valence-electron chi connectivity index (χ3n) is 4.66. The summed E-state index contributed by atoms with van der Waals surface area (Å²) in [6.45, 7) is 6.50. The molecule has 114 valence electrons. The first-order valence-corrected chi connectivity index (χ1v) is 8.19. The zero-order chi connectivity index (χ0) is 14.5. The van der Waals surface area contributed by atoms with E-state index >= 15 is 0 Å². The highest BCUT2D eigenvalue weighted by atomic mass is 16.5. The van der Waals surface area contributed by atoms with Gasteiger partial charge in [-0.3, -0.25) is 0 Å². The molecule has 4 unspecified atom stereocenters. The van der Waals surface area contributed by atoms with Crippen LogP contribution < -0.4 is 5.73 Å². The summed E-state index contributed by atoms with van der Waals surface area (Å²) in [5.74, 6) is 3.47. The van der Waals surface area contributed by atoms with Crippen LogP contribution >= 0.6 is 0 Å². The van der Waals surface area contributed by atoms with Gasteiger partial charge in [0.15, 0.2) is 5.82 Å². The number of aromatic nitrogens is 2. The standard InChI is InChI=1S/C16H29N3O/c1-4-13-8-9-14(10-13)15-18-16(20-19-15)11(2)6-5-7-12(3)17/h11-14H,4-10,17H2,1-3H3. The molecule has 1 aromatic rings. The van der Waals surface area contributed by atoms with Crippen molar-refractivity contribution in [3.63, 3.8) is 0 Å². The first-order valence-electron chi connectivity index (χ1n) is 8.19. The molecule has 4 nitrogen and oxygen atoms in total. The molecule has 1 saturated carbocycles. The maximum Gasteiger partial charge on any atom is 0.229 e. The molecular weight excluding hydrogens is 250 g/mol. The van der Waals surface area contributed by atoms with E-state index in [0.29, 0.717) is 11.8 Å². The van der Waals surface area contributed by atoms with E-state index in [9.17, 15) is 0 Å². The van der Waals surface area contributed by atoms with Crippen LogP contribution in [-0.2, 0) is 0 Å². The van der Waals surface area contributed by atoms with E-state index in [1.54, 1.807) is 0 Å². The highest BCUT2D eigenvalue weighted by Gasteiger charge is 2.28. The van der Waals surface area contributed by atoms with Crippen LogP contribution in [0.25, 0.3) is 0 Å². The molecule has 1 heterocycles. The zero-order valence-corrected chi connectivity index (χ0v) is 13.1. The Balaban J connectivity index is 1.85. The van der Waals surface area contributed by atoms with Crippen molar-refractivity contribution in [2.24, 2.45) is 11.7 Å². The fourth-order valence-corrected chi connectivity index (χ4v) is 3.16. The summed E-state index contributed by atoms with van der Waals surface area (Å²) in [7, 11) is 0. The van der Waals surface area contributed by atoms with Crippen molar-refractivity contribution in [2.75, 3.05) is 0 Å². The largest absolute Gasteiger partial charge is 0.339 e. The first kappa shape index (κ1) is 15.5. The third kappa shape index (κ3) is 4.05. The molecule has 2 rings (SSSR count). The van der Waals surface area contributed by atoms with Gasteiger partial charge in [-0.15, -0.1) is 0 Å². The minimum absolute atomic E-state index is 0.282. The first-order chi connectivity index (χ1) is 9.60. The van der Waals surface area contributed by atoms with Crippen molar-refractivity contribution < 1.29 is 4.52 Å². The van der Waals surface area contributed by atoms with Gasteiger partial charge in [-0.05, 0) is 44.9 Å². The maximum absolute atomic E-state index is 5.78. The Kier molecular flexibility index (Phi) is 5.58. The van der Waals surface area contributed by atoms with Crippen molar-refractivity contribution in [2.45, 2.75) is 83.6 Å². The molecule has 0 aliphatic heterocycles. The molecule has 0 amide bonds. The van der Waals surface area contributed by atoms with Gasteiger partial charge in [0.05, 0.1) is 0 Å². The molecule has 1 fully saturated rings. The summed E-state index contributed by atoms with van der Waals surface area (Å²) < 4.78 is 5.47. The SMILES string of the molecule is CCC1CCC(c2noc(C(C)CCCC(C)N)n2)C1. The summed E-state index contributed by atoms with van der Waals surface area (Å²) in [5.41, 5.74) is 5.78. The second-order valence-corrected chi connectivity index (χ2v) is 6.58. The van der Waals surface area contributed by atoms with E-state index in [4.69, 9.17) is 10.3 Å². The molecule has 2 N–H and O–H groups in total. The van der Waals surface area contributed by atoms with Crippen LogP contribution in [0.3, 0.4) is 0 Å². The summed E-state index contributed by atoms with van der Waals surface area (Å²) in [6, 6.07) is 0.282. The molecule has 1 aromatic heterocycles. The van der Waals surface area contributed by atoms with E-state index in [-0.39, 0.29) is 6.04 Å². The predicted octanol–water partition coefficient (Wildman–Crippen LogP) is 3.98. The van der Waals surface area contributed by atoms with Gasteiger partial charge in [0.1, 0.15) is 0 Å². The van der Waals surface area contributed by atoms with Crippen LogP contribution in [0.2, 0.25) is 0 Å². The Hall–Kier alpha value is -0.900. The Morgan fingerprint density at radius 3 is 2.75 bits per heavy atom. The summed E-state index contributed by atoms with van der Waals surface area (Å²) in [4.78, 5) is 4.65. The molecule has 1 aliphatic carbocycles. The second-order valence-electron chi connectivity index (χ2n) is 6.58. The van der Waals surface area contributed by atoms with Crippen LogP contribution in [0.5, 0.6) is 0 Å². The van der Waals surface area contributed by atoms with E-state index in [2.05, 4.69) is 30.9 Å². The topological polar surface area (TPSA) is 64.9 Å². The average molecular weight is 279 g/mol. The zero-order valence-electron chi connectivity index (χ0n) is 13.1. The summed E-state index contributed by atoms with van der Waals surface area (Å²) in [5, 5.41) is 4.22. The van der Waals surface area contributed by atoms with Crippen molar-refractivity contribution in [1.29, 1.82) is 0 Å². The van der Waals surface area contributed by atoms with Gasteiger partial charge in [0, 0.05) is 17.9 Å². The fraction of sp³-hybridized carbons (Fsp3) is 0.875. The quantitative estimate of drug-likeness (QED) is 0.819. The number of hydrogen-bond acceptors (Lipinski definition) is 4. The van der Waals surface area contributed by atoms with Crippen LogP contribution in [0.1, 0.15) is 89.3 Å². The molecule has 0 radical (unpaired) electrons. The lowest BCUT2D eigenvalue weighted by atomic mass is 10.0. The molecular formula is C16H29N3O. The van der Waals surface area contributed by atoms with Crippen molar-refractivity contribution >= 4 is 0 Å². The highest BCUT2D eigenvalue weighted by molar-refractivity contribution is 5.01. The number of rotatable bonds is 7. The summed E-state index contributed by atoms with van der Waals surface area (Å²) in [6.07, 6.45) is 8.30. The Morgan fingerprint density at radius 1 is 1.30 bits per heavy atom. The van der Waals surface area contributed by atoms with Crippen LogP contribution in [-0.4, -0.2) is 16.2 Å². The number of hydrogen-bond donors (Lipinski definition) is 1. The van der Waals surface area contributed by atoms with Gasteiger partial charge in [0.25, 0.3) is 0 Å². The Labute approximate surface area is 122 Å². The monoisotopic (exact) mass is 279 g/mol. The average Bonchev–Trinajstić information content (AvgIpc) is 3.06. The van der Waals surface area contributed by atoms with Crippen LogP contribution in [0.15, 0.2) is 4.52 Å². The molecule has 4 atom stereocenters. The molecule has 20 heavy (non-hydrogen) atoms. The smallest absolute Gasteiger partial charge is 0.229 e. The van der Waals surface area contributed by atoms with Crippen molar-refractivity contribution in [3.05, 3.63) is 11.7 Å². The molecule has 1 aliphatic rings. The number of nitrogens with two attached hydrogens (primary N) is 1. The predicted molar refractivity (Wildman–Crippen MR) is 80.6 cm³/mol. The Morgan fingerprint density at radius 2 is 2.10 bits per heavy atom. The number of nitrogens with zero attached hydrogens (tertiary/aromatic N) is 2. The molecule has 0 aromatic carbocycles. The van der Waals surface area contributed by atoms with Crippen molar-refractivity contribution in [3.8, 4) is 0 Å². The molecule has 4 heteroatoms. The van der Waals surface area contributed by atoms with Crippen molar-refractivity contribution in [1.82, 2.24) is 10.1 Å². The maximum atomic E-state index is 5.78. The minimum atomic E-state index is 0.282. The Bertz CT molecular complexity index is 402. The molecule has 0 bridgehead atoms. The van der Waals surface area contributed by atoms with Crippen LogP contribution in [0.4, 0.5) is 0 Å². The highest BCUT2D eigenvalue weighted by Crippen LogP contribution is 2.38. The van der Waals surface area contributed by atoms with E-state index in [1.807, 2.05) is 0 Å². The lowest BCUT2D eigenvalue weighted by Gasteiger charge is -2.08. The lowest BCUT2D eigenvalue weighted by molar-refractivity contribution is 0.343. The van der Waals surface area contributed by atoms with E-state index in [1.165, 1.54) is 25.7 Å². The third-order valence-corrected chi connectivity index (χ3v) is 4.66. The van der Waals surface area contributed by atoms with Gasteiger partial charge < -0.3 is 10.3 Å². The van der Waals surface area contributed by atoms with E-state index in [0.717, 1.165) is 36.9 Å². The summed E-state index contributed by atoms with van der Waals surface area (Å²) >= 11 is 0.